The first-order valence-electron chi connectivity index (χ1n) is 42.5. The highest BCUT2D eigenvalue weighted by Gasteiger charge is 2.30. The molecule has 608 valence electrons. The summed E-state index contributed by atoms with van der Waals surface area (Å²) in [5.74, 6) is -2.21. The van der Waals surface area contributed by atoms with Crippen molar-refractivity contribution in [1.82, 2.24) is 0 Å². The number of ether oxygens (including phenoxy) is 4. The topological polar surface area (TPSA) is 237 Å². The molecular formula is C85H156O17P2. The van der Waals surface area contributed by atoms with Gasteiger partial charge in [0.15, 0.2) is 12.2 Å². The van der Waals surface area contributed by atoms with Crippen LogP contribution in [0.25, 0.3) is 0 Å². The van der Waals surface area contributed by atoms with E-state index in [2.05, 4.69) is 76.3 Å². The van der Waals surface area contributed by atoms with Gasteiger partial charge in [0.25, 0.3) is 0 Å². The first kappa shape index (κ1) is 101. The Labute approximate surface area is 635 Å². The van der Waals surface area contributed by atoms with Gasteiger partial charge in [0.1, 0.15) is 19.3 Å². The minimum Gasteiger partial charge on any atom is -0.462 e. The molecule has 5 atom stereocenters. The number of hydrogen-bond donors (Lipinski definition) is 3. The van der Waals surface area contributed by atoms with Crippen molar-refractivity contribution in [3.63, 3.8) is 0 Å². The normalized spacial score (nSPS) is 14.1. The summed E-state index contributed by atoms with van der Waals surface area (Å²) in [6, 6.07) is 0. The quantitative estimate of drug-likeness (QED) is 0.0169. The number of allylic oxidation sites excluding steroid dienone is 10. The Balaban J connectivity index is 5.36. The molecule has 0 aromatic rings. The fourth-order valence-electron chi connectivity index (χ4n) is 12.0. The first-order valence-corrected chi connectivity index (χ1v) is 45.5. The third-order valence-electron chi connectivity index (χ3n) is 18.5. The van der Waals surface area contributed by atoms with Gasteiger partial charge in [0, 0.05) is 25.7 Å². The lowest BCUT2D eigenvalue weighted by Crippen LogP contribution is -2.30. The van der Waals surface area contributed by atoms with Gasteiger partial charge < -0.3 is 33.8 Å². The van der Waals surface area contributed by atoms with Crippen molar-refractivity contribution in [2.24, 2.45) is 0 Å². The van der Waals surface area contributed by atoms with Crippen LogP contribution in [0.15, 0.2) is 60.8 Å². The van der Waals surface area contributed by atoms with Crippen molar-refractivity contribution in [3.05, 3.63) is 60.8 Å². The van der Waals surface area contributed by atoms with Crippen LogP contribution in [0.1, 0.15) is 400 Å². The van der Waals surface area contributed by atoms with Gasteiger partial charge in [-0.05, 0) is 89.9 Å². The number of phosphoric acid groups is 2. The molecular weight excluding hydrogens is 1350 g/mol. The van der Waals surface area contributed by atoms with Crippen molar-refractivity contribution >= 4 is 39.5 Å². The molecule has 0 amide bonds. The van der Waals surface area contributed by atoms with Crippen LogP contribution < -0.4 is 0 Å². The highest BCUT2D eigenvalue weighted by molar-refractivity contribution is 7.47. The van der Waals surface area contributed by atoms with E-state index >= 15 is 0 Å². The van der Waals surface area contributed by atoms with E-state index in [1.807, 2.05) is 12.2 Å². The van der Waals surface area contributed by atoms with Crippen LogP contribution in [-0.2, 0) is 65.4 Å². The molecule has 0 fully saturated rings. The highest BCUT2D eigenvalue weighted by atomic mass is 31.2. The molecule has 19 heteroatoms. The third-order valence-corrected chi connectivity index (χ3v) is 20.4. The van der Waals surface area contributed by atoms with Crippen molar-refractivity contribution in [3.8, 4) is 0 Å². The number of hydrogen-bond acceptors (Lipinski definition) is 15. The molecule has 0 rings (SSSR count). The molecule has 0 aromatic heterocycles. The van der Waals surface area contributed by atoms with Crippen LogP contribution in [0.3, 0.4) is 0 Å². The molecule has 0 bridgehead atoms. The van der Waals surface area contributed by atoms with E-state index in [-0.39, 0.29) is 25.7 Å². The lowest BCUT2D eigenvalue weighted by molar-refractivity contribution is -0.161. The maximum Gasteiger partial charge on any atom is 0.472 e. The molecule has 3 N–H and O–H groups in total. The summed E-state index contributed by atoms with van der Waals surface area (Å²) in [6.45, 7) is 4.88. The number of esters is 4. The smallest absolute Gasteiger partial charge is 0.462 e. The maximum atomic E-state index is 13.1. The molecule has 0 aliphatic rings. The monoisotopic (exact) mass is 1510 g/mol. The van der Waals surface area contributed by atoms with Crippen molar-refractivity contribution in [2.45, 2.75) is 418 Å². The van der Waals surface area contributed by atoms with Crippen LogP contribution in [0.2, 0.25) is 0 Å². The minimum atomic E-state index is -4.98. The van der Waals surface area contributed by atoms with Gasteiger partial charge >= 0.3 is 39.5 Å². The number of aliphatic hydroxyl groups excluding tert-OH is 1. The predicted molar refractivity (Wildman–Crippen MR) is 427 cm³/mol. The second kappa shape index (κ2) is 77.9. The van der Waals surface area contributed by atoms with Crippen LogP contribution in [0, 0.1) is 0 Å². The highest BCUT2D eigenvalue weighted by Crippen LogP contribution is 2.45. The van der Waals surface area contributed by atoms with Gasteiger partial charge in [0.05, 0.1) is 26.4 Å². The first-order chi connectivity index (χ1) is 50.7. The number of phosphoric ester groups is 2. The molecule has 0 spiro atoms. The zero-order valence-electron chi connectivity index (χ0n) is 66.7. The Morgan fingerprint density at radius 3 is 0.788 bits per heavy atom. The Kier molecular flexibility index (Phi) is 75.5. The Morgan fingerprint density at radius 2 is 0.481 bits per heavy atom. The summed E-state index contributed by atoms with van der Waals surface area (Å²) in [6.07, 6.45) is 79.0. The summed E-state index contributed by atoms with van der Waals surface area (Å²) in [7, 11) is -9.96. The molecule has 0 saturated carbocycles. The lowest BCUT2D eigenvalue weighted by atomic mass is 10.0. The Hall–Kier alpha value is -3.24. The van der Waals surface area contributed by atoms with E-state index in [9.17, 15) is 43.2 Å². The molecule has 0 aliphatic carbocycles. The molecule has 0 aliphatic heterocycles. The fourth-order valence-corrected chi connectivity index (χ4v) is 13.6. The van der Waals surface area contributed by atoms with Crippen LogP contribution in [0.4, 0.5) is 0 Å². The fraction of sp³-hybridized carbons (Fsp3) is 0.835. The van der Waals surface area contributed by atoms with E-state index in [0.29, 0.717) is 32.1 Å². The molecule has 0 heterocycles. The molecule has 0 radical (unpaired) electrons. The zero-order chi connectivity index (χ0) is 76.0. The SMILES string of the molecule is CCCCC/C=C\C/C=C\C/C=C\C/C=C\CCCC(=O)OC[C@H](COP(=O)(O)OC[C@@H](O)COP(=O)(O)OC[C@@H](COC(=O)CCCCCCCCCCCCCCCCCCC)OC(=O)CCCCCCC/C=C\CCCCCCCC)OC(=O)CCCCCCCCCCCCCCCCC. The molecule has 0 aromatic carbocycles. The van der Waals surface area contributed by atoms with Gasteiger partial charge in [-0.2, -0.15) is 0 Å². The molecule has 17 nitrogen and oxygen atoms in total. The summed E-state index contributed by atoms with van der Waals surface area (Å²) in [4.78, 5) is 73.1. The average Bonchev–Trinajstić information content (AvgIpc) is 0.937. The number of rotatable bonds is 81. The number of carbonyl (C=O) groups is 4. The predicted octanol–water partition coefficient (Wildman–Crippen LogP) is 25.0. The van der Waals surface area contributed by atoms with E-state index < -0.39 is 97.5 Å². The van der Waals surface area contributed by atoms with Gasteiger partial charge in [-0.3, -0.25) is 37.3 Å². The van der Waals surface area contributed by atoms with Gasteiger partial charge in [-0.25, -0.2) is 9.13 Å². The van der Waals surface area contributed by atoms with E-state index in [1.54, 1.807) is 0 Å². The van der Waals surface area contributed by atoms with Crippen LogP contribution in [-0.4, -0.2) is 96.7 Å². The summed E-state index contributed by atoms with van der Waals surface area (Å²) in [5, 5.41) is 10.7. The standard InChI is InChI=1S/C85H156O17P2/c1-5-9-13-17-21-25-29-33-37-39-43-45-49-53-57-61-65-69-82(87)95-75-80(101-84(89)71-67-63-59-55-51-47-41-35-31-27-23-19-15-11-7-3)77-99-103(91,92)97-73-79(86)74-98-104(93,94)100-78-81(102-85(90)72-68-64-60-56-52-48-42-36-32-28-24-20-16-12-8-4)76-96-83(88)70-66-62-58-54-50-46-44-40-38-34-30-26-22-18-14-10-6-2/h21,25,33,36-37,42-43,45,53,57,79-81,86H,5-20,22-24,26-32,34-35,38-41,44,46-52,54-56,58-78H2,1-4H3,(H,91,92)(H,93,94)/b25-21-,37-33-,42-36-,45-43-,57-53-/t79-,80-,81-/m1/s1. The van der Waals surface area contributed by atoms with Gasteiger partial charge in [-0.15, -0.1) is 0 Å². The van der Waals surface area contributed by atoms with Crippen LogP contribution in [0.5, 0.6) is 0 Å². The van der Waals surface area contributed by atoms with Gasteiger partial charge in [0.2, 0.25) is 0 Å². The number of carbonyl (C=O) groups excluding carboxylic acids is 4. The summed E-state index contributed by atoms with van der Waals surface area (Å²) >= 11 is 0. The van der Waals surface area contributed by atoms with Crippen molar-refractivity contribution in [2.75, 3.05) is 39.6 Å². The molecule has 104 heavy (non-hydrogen) atoms. The largest absolute Gasteiger partial charge is 0.472 e. The van der Waals surface area contributed by atoms with Crippen LogP contribution >= 0.6 is 15.6 Å². The Morgan fingerprint density at radius 1 is 0.269 bits per heavy atom. The maximum absolute atomic E-state index is 13.1. The second-order valence-electron chi connectivity index (χ2n) is 28.8. The Bertz CT molecular complexity index is 2200. The van der Waals surface area contributed by atoms with Crippen molar-refractivity contribution in [1.29, 1.82) is 0 Å². The summed E-state index contributed by atoms with van der Waals surface area (Å²) < 4.78 is 68.7. The second-order valence-corrected chi connectivity index (χ2v) is 31.7. The number of aliphatic hydroxyl groups is 1. The van der Waals surface area contributed by atoms with E-state index in [4.69, 9.17) is 37.0 Å². The third kappa shape index (κ3) is 76.9. The lowest BCUT2D eigenvalue weighted by Gasteiger charge is -2.21. The zero-order valence-corrected chi connectivity index (χ0v) is 68.5. The average molecular weight is 1510 g/mol. The minimum absolute atomic E-state index is 0.0900. The van der Waals surface area contributed by atoms with E-state index in [1.165, 1.54) is 205 Å². The van der Waals surface area contributed by atoms with Gasteiger partial charge in [-0.1, -0.05) is 345 Å². The molecule has 2 unspecified atom stereocenters. The molecule has 0 saturated heterocycles. The summed E-state index contributed by atoms with van der Waals surface area (Å²) in [5.41, 5.74) is 0. The van der Waals surface area contributed by atoms with Crippen molar-refractivity contribution < 1.29 is 80.2 Å². The van der Waals surface area contributed by atoms with E-state index in [0.717, 1.165) is 109 Å². The number of unbranched alkanes of at least 4 members (excludes halogenated alkanes) is 45.